The van der Waals surface area contributed by atoms with Crippen LogP contribution >= 0.6 is 34.5 Å². The van der Waals surface area contributed by atoms with Crippen LogP contribution in [0.2, 0.25) is 10.0 Å². The van der Waals surface area contributed by atoms with Gasteiger partial charge in [0.25, 0.3) is 5.91 Å². The number of anilines is 1. The van der Waals surface area contributed by atoms with Gasteiger partial charge < -0.3 is 10.1 Å². The molecule has 128 valence electrons. The van der Waals surface area contributed by atoms with Crippen LogP contribution < -0.4 is 5.32 Å². The molecule has 4 nitrogen and oxygen atoms in total. The molecule has 2 aromatic carbocycles. The van der Waals surface area contributed by atoms with Crippen LogP contribution in [0.3, 0.4) is 0 Å². The van der Waals surface area contributed by atoms with Crippen molar-refractivity contribution in [1.29, 1.82) is 0 Å². The van der Waals surface area contributed by atoms with Crippen molar-refractivity contribution in [2.75, 3.05) is 11.9 Å². The van der Waals surface area contributed by atoms with Crippen LogP contribution in [0.15, 0.2) is 42.5 Å². The molecule has 8 heteroatoms. The number of esters is 1. The van der Waals surface area contributed by atoms with Crippen LogP contribution in [0.25, 0.3) is 10.1 Å². The van der Waals surface area contributed by atoms with Crippen molar-refractivity contribution in [2.45, 2.75) is 0 Å². The quantitative estimate of drug-likeness (QED) is 0.619. The Labute approximate surface area is 156 Å². The van der Waals surface area contributed by atoms with Crippen molar-refractivity contribution < 1.29 is 18.7 Å². The number of fused-ring (bicyclic) bond motifs is 1. The van der Waals surface area contributed by atoms with Gasteiger partial charge in [-0.25, -0.2) is 9.18 Å². The fraction of sp³-hybridized carbons (Fsp3) is 0.0588. The third-order valence-electron chi connectivity index (χ3n) is 3.22. The molecule has 1 heterocycles. The lowest BCUT2D eigenvalue weighted by Crippen LogP contribution is -2.20. The van der Waals surface area contributed by atoms with Crippen molar-refractivity contribution in [3.8, 4) is 0 Å². The van der Waals surface area contributed by atoms with Crippen LogP contribution in [0, 0.1) is 5.82 Å². The molecule has 25 heavy (non-hydrogen) atoms. The molecule has 0 fully saturated rings. The average molecular weight is 398 g/mol. The monoisotopic (exact) mass is 397 g/mol. The second kappa shape index (κ2) is 7.39. The second-order valence-corrected chi connectivity index (χ2v) is 6.89. The van der Waals surface area contributed by atoms with Gasteiger partial charge in [0.2, 0.25) is 0 Å². The molecule has 0 unspecified atom stereocenters. The first-order valence-corrected chi connectivity index (χ1v) is 8.61. The summed E-state index contributed by atoms with van der Waals surface area (Å²) < 4.78 is 18.8. The SMILES string of the molecule is O=C(COC(=O)c1sc2cc(Cl)ccc2c1Cl)Nc1cccc(F)c1. The van der Waals surface area contributed by atoms with E-state index in [1.165, 1.54) is 18.2 Å². The Balaban J connectivity index is 1.66. The highest BCUT2D eigenvalue weighted by Gasteiger charge is 2.19. The molecular weight excluding hydrogens is 388 g/mol. The maximum atomic E-state index is 13.1. The Morgan fingerprint density at radius 2 is 1.96 bits per heavy atom. The molecule has 0 spiro atoms. The van der Waals surface area contributed by atoms with Crippen molar-refractivity contribution in [3.05, 3.63) is 63.2 Å². The lowest BCUT2D eigenvalue weighted by molar-refractivity contribution is -0.119. The van der Waals surface area contributed by atoms with E-state index in [1.807, 2.05) is 0 Å². The van der Waals surface area contributed by atoms with Gasteiger partial charge in [0.1, 0.15) is 10.7 Å². The van der Waals surface area contributed by atoms with E-state index in [2.05, 4.69) is 5.32 Å². The zero-order valence-corrected chi connectivity index (χ0v) is 14.8. The first-order valence-electron chi connectivity index (χ1n) is 7.04. The number of nitrogens with one attached hydrogen (secondary N) is 1. The number of carbonyl (C=O) groups excluding carboxylic acids is 2. The lowest BCUT2D eigenvalue weighted by atomic mass is 10.2. The minimum Gasteiger partial charge on any atom is -0.451 e. The predicted molar refractivity (Wildman–Crippen MR) is 97.2 cm³/mol. The number of amides is 1. The van der Waals surface area contributed by atoms with E-state index in [0.29, 0.717) is 10.4 Å². The predicted octanol–water partition coefficient (Wildman–Crippen LogP) is 5.14. The molecule has 1 aromatic heterocycles. The highest BCUT2D eigenvalue weighted by Crippen LogP contribution is 2.37. The molecule has 3 aromatic rings. The highest BCUT2D eigenvalue weighted by molar-refractivity contribution is 7.21. The normalized spacial score (nSPS) is 10.7. The maximum Gasteiger partial charge on any atom is 0.350 e. The van der Waals surface area contributed by atoms with E-state index in [4.69, 9.17) is 27.9 Å². The number of benzene rings is 2. The highest BCUT2D eigenvalue weighted by atomic mass is 35.5. The zero-order chi connectivity index (χ0) is 18.0. The molecule has 0 radical (unpaired) electrons. The number of hydrogen-bond acceptors (Lipinski definition) is 4. The number of thiophene rings is 1. The summed E-state index contributed by atoms with van der Waals surface area (Å²) in [6, 6.07) is 10.5. The summed E-state index contributed by atoms with van der Waals surface area (Å²) in [4.78, 5) is 24.2. The maximum absolute atomic E-state index is 13.1. The Bertz CT molecular complexity index is 974. The van der Waals surface area contributed by atoms with E-state index in [0.717, 1.165) is 22.1 Å². The summed E-state index contributed by atoms with van der Waals surface area (Å²) in [6.07, 6.45) is 0. The van der Waals surface area contributed by atoms with Crippen molar-refractivity contribution >= 4 is 62.2 Å². The lowest BCUT2D eigenvalue weighted by Gasteiger charge is -2.06. The van der Waals surface area contributed by atoms with Crippen LogP contribution in [-0.4, -0.2) is 18.5 Å². The van der Waals surface area contributed by atoms with Gasteiger partial charge >= 0.3 is 5.97 Å². The first-order chi connectivity index (χ1) is 11.9. The molecule has 0 bridgehead atoms. The Morgan fingerprint density at radius 1 is 1.16 bits per heavy atom. The van der Waals surface area contributed by atoms with Gasteiger partial charge in [0.15, 0.2) is 6.61 Å². The van der Waals surface area contributed by atoms with Gasteiger partial charge in [-0.1, -0.05) is 35.3 Å². The fourth-order valence-electron chi connectivity index (χ4n) is 2.13. The van der Waals surface area contributed by atoms with Crippen molar-refractivity contribution in [1.82, 2.24) is 0 Å². The molecule has 1 N–H and O–H groups in total. The largest absolute Gasteiger partial charge is 0.451 e. The molecule has 0 saturated carbocycles. The topological polar surface area (TPSA) is 55.4 Å². The van der Waals surface area contributed by atoms with E-state index in [-0.39, 0.29) is 15.6 Å². The van der Waals surface area contributed by atoms with Gasteiger partial charge in [-0.15, -0.1) is 11.3 Å². The summed E-state index contributed by atoms with van der Waals surface area (Å²) in [5, 5.41) is 3.91. The minimum atomic E-state index is -0.711. The summed E-state index contributed by atoms with van der Waals surface area (Å²) in [5.74, 6) is -1.78. The number of ether oxygens (including phenoxy) is 1. The average Bonchev–Trinajstić information content (AvgIpc) is 2.89. The van der Waals surface area contributed by atoms with Crippen LogP contribution in [-0.2, 0) is 9.53 Å². The van der Waals surface area contributed by atoms with Crippen LogP contribution in [0.4, 0.5) is 10.1 Å². The molecule has 0 saturated heterocycles. The first kappa shape index (κ1) is 17.7. The van der Waals surface area contributed by atoms with E-state index < -0.39 is 24.3 Å². The van der Waals surface area contributed by atoms with Gasteiger partial charge in [-0.2, -0.15) is 0 Å². The number of hydrogen-bond donors (Lipinski definition) is 1. The van der Waals surface area contributed by atoms with E-state index in [9.17, 15) is 14.0 Å². The number of rotatable bonds is 4. The molecule has 0 aliphatic rings. The van der Waals surface area contributed by atoms with Crippen molar-refractivity contribution in [2.24, 2.45) is 0 Å². The van der Waals surface area contributed by atoms with Crippen molar-refractivity contribution in [3.63, 3.8) is 0 Å². The minimum absolute atomic E-state index is 0.192. The van der Waals surface area contributed by atoms with Crippen LogP contribution in [0.5, 0.6) is 0 Å². The van der Waals surface area contributed by atoms with E-state index in [1.54, 1.807) is 18.2 Å². The molecule has 1 amide bonds. The molecule has 3 rings (SSSR count). The third kappa shape index (κ3) is 4.10. The molecule has 0 aliphatic carbocycles. The van der Waals surface area contributed by atoms with Gasteiger partial charge in [-0.05, 0) is 30.3 Å². The molecular formula is C17H10Cl2FNO3S. The van der Waals surface area contributed by atoms with Crippen LogP contribution in [0.1, 0.15) is 9.67 Å². The molecule has 0 aliphatic heterocycles. The number of carbonyl (C=O) groups is 2. The number of halogens is 3. The van der Waals surface area contributed by atoms with Gasteiger partial charge in [-0.3, -0.25) is 4.79 Å². The standard InChI is InChI=1S/C17H10Cl2FNO3S/c18-9-4-5-12-13(6-9)25-16(15(12)19)17(23)24-8-14(22)21-11-3-1-2-10(20)7-11/h1-7H,8H2,(H,21,22). The summed E-state index contributed by atoms with van der Waals surface area (Å²) in [7, 11) is 0. The molecule has 0 atom stereocenters. The van der Waals surface area contributed by atoms with E-state index >= 15 is 0 Å². The Kier molecular flexibility index (Phi) is 5.22. The summed E-state index contributed by atoms with van der Waals surface area (Å²) in [6.45, 7) is -0.513. The third-order valence-corrected chi connectivity index (χ3v) is 5.09. The summed E-state index contributed by atoms with van der Waals surface area (Å²) >= 11 is 13.2. The summed E-state index contributed by atoms with van der Waals surface area (Å²) in [5.41, 5.74) is 0.274. The zero-order valence-electron chi connectivity index (χ0n) is 12.5. The second-order valence-electron chi connectivity index (χ2n) is 5.02. The van der Waals surface area contributed by atoms with Gasteiger partial charge in [0, 0.05) is 20.8 Å². The van der Waals surface area contributed by atoms with Gasteiger partial charge in [0.05, 0.1) is 5.02 Å². The fourth-order valence-corrected chi connectivity index (χ4v) is 3.81. The Hall–Kier alpha value is -2.15. The Morgan fingerprint density at radius 3 is 2.72 bits per heavy atom. The smallest absolute Gasteiger partial charge is 0.350 e.